The second-order valence-electron chi connectivity index (χ2n) is 6.17. The van der Waals surface area contributed by atoms with Gasteiger partial charge in [-0.15, -0.1) is 0 Å². The first-order valence-corrected chi connectivity index (χ1v) is 7.74. The number of nitrogens with zero attached hydrogens (tertiary/aromatic N) is 1. The number of carbonyl (C=O) groups is 1. The van der Waals surface area contributed by atoms with Crippen LogP contribution in [-0.2, 0) is 4.79 Å². The smallest absolute Gasteiger partial charge is 0.224 e. The summed E-state index contributed by atoms with van der Waals surface area (Å²) < 4.78 is 0. The number of amides is 1. The number of likely N-dealkylation sites (tertiary alicyclic amines) is 1. The van der Waals surface area contributed by atoms with Gasteiger partial charge in [0.05, 0.1) is 0 Å². The van der Waals surface area contributed by atoms with E-state index >= 15 is 0 Å². The largest absolute Gasteiger partial charge is 0.343 e. The quantitative estimate of drug-likeness (QED) is 0.817. The van der Waals surface area contributed by atoms with Gasteiger partial charge in [0, 0.05) is 25.6 Å². The normalized spacial score (nSPS) is 26.8. The maximum atomic E-state index is 12.2. The van der Waals surface area contributed by atoms with Crippen LogP contribution in [0.5, 0.6) is 0 Å². The van der Waals surface area contributed by atoms with Crippen molar-refractivity contribution < 1.29 is 4.79 Å². The van der Waals surface area contributed by atoms with Crippen LogP contribution in [0.1, 0.15) is 58.3 Å². The van der Waals surface area contributed by atoms with E-state index in [1.807, 2.05) is 0 Å². The highest BCUT2D eigenvalue weighted by Crippen LogP contribution is 2.33. The van der Waals surface area contributed by atoms with Gasteiger partial charge in [0.15, 0.2) is 0 Å². The zero-order valence-electron chi connectivity index (χ0n) is 11.7. The van der Waals surface area contributed by atoms with E-state index in [-0.39, 0.29) is 6.04 Å². The SMILES string of the molecule is CCCC1CCCN(C(=O)CC(N)C2CC2)CC1. The Labute approximate surface area is 111 Å². The lowest BCUT2D eigenvalue weighted by atomic mass is 9.96. The molecule has 0 bridgehead atoms. The Morgan fingerprint density at radius 2 is 2.06 bits per heavy atom. The topological polar surface area (TPSA) is 46.3 Å². The predicted molar refractivity (Wildman–Crippen MR) is 74.1 cm³/mol. The molecule has 2 fully saturated rings. The van der Waals surface area contributed by atoms with Crippen molar-refractivity contribution in [2.45, 2.75) is 64.3 Å². The minimum absolute atomic E-state index is 0.118. The Morgan fingerprint density at radius 3 is 2.72 bits per heavy atom. The van der Waals surface area contributed by atoms with Crippen LogP contribution in [0, 0.1) is 11.8 Å². The van der Waals surface area contributed by atoms with Crippen molar-refractivity contribution in [1.29, 1.82) is 0 Å². The minimum Gasteiger partial charge on any atom is -0.343 e. The lowest BCUT2D eigenvalue weighted by molar-refractivity contribution is -0.131. The van der Waals surface area contributed by atoms with Crippen LogP contribution >= 0.6 is 0 Å². The zero-order valence-corrected chi connectivity index (χ0v) is 11.7. The lowest BCUT2D eigenvalue weighted by Crippen LogP contribution is -2.37. The molecule has 3 nitrogen and oxygen atoms in total. The number of carbonyl (C=O) groups excluding carboxylic acids is 1. The van der Waals surface area contributed by atoms with Crippen LogP contribution in [0.3, 0.4) is 0 Å². The second-order valence-corrected chi connectivity index (χ2v) is 6.17. The van der Waals surface area contributed by atoms with Gasteiger partial charge in [0.25, 0.3) is 0 Å². The number of hydrogen-bond acceptors (Lipinski definition) is 2. The van der Waals surface area contributed by atoms with Crippen LogP contribution < -0.4 is 5.73 Å². The lowest BCUT2D eigenvalue weighted by Gasteiger charge is -2.22. The molecule has 0 aromatic heterocycles. The summed E-state index contributed by atoms with van der Waals surface area (Å²) >= 11 is 0. The Morgan fingerprint density at radius 1 is 1.28 bits per heavy atom. The fraction of sp³-hybridized carbons (Fsp3) is 0.933. The maximum absolute atomic E-state index is 12.2. The van der Waals surface area contributed by atoms with Crippen molar-refractivity contribution in [3.63, 3.8) is 0 Å². The van der Waals surface area contributed by atoms with Gasteiger partial charge in [-0.1, -0.05) is 19.8 Å². The van der Waals surface area contributed by atoms with Crippen LogP contribution in [0.25, 0.3) is 0 Å². The maximum Gasteiger partial charge on any atom is 0.224 e. The summed E-state index contributed by atoms with van der Waals surface area (Å²) in [6.07, 6.45) is 9.29. The van der Waals surface area contributed by atoms with Crippen molar-refractivity contribution in [2.24, 2.45) is 17.6 Å². The molecule has 1 aliphatic carbocycles. The van der Waals surface area contributed by atoms with E-state index in [1.165, 1.54) is 44.9 Å². The van der Waals surface area contributed by atoms with Gasteiger partial charge in [0.2, 0.25) is 5.91 Å². The first-order valence-electron chi connectivity index (χ1n) is 7.74. The van der Waals surface area contributed by atoms with E-state index in [2.05, 4.69) is 11.8 Å². The molecule has 2 rings (SSSR count). The number of hydrogen-bond donors (Lipinski definition) is 1. The monoisotopic (exact) mass is 252 g/mol. The molecule has 2 unspecified atom stereocenters. The molecule has 1 heterocycles. The van der Waals surface area contributed by atoms with Gasteiger partial charge in [-0.05, 0) is 43.9 Å². The van der Waals surface area contributed by atoms with Crippen LogP contribution in [0.15, 0.2) is 0 Å². The molecule has 18 heavy (non-hydrogen) atoms. The summed E-state index contributed by atoms with van der Waals surface area (Å²) in [5.74, 6) is 1.77. The van der Waals surface area contributed by atoms with Gasteiger partial charge in [0.1, 0.15) is 0 Å². The average molecular weight is 252 g/mol. The summed E-state index contributed by atoms with van der Waals surface area (Å²) in [5, 5.41) is 0. The fourth-order valence-corrected chi connectivity index (χ4v) is 3.13. The molecular formula is C15H28N2O. The summed E-state index contributed by atoms with van der Waals surface area (Å²) in [7, 11) is 0. The molecule has 0 spiro atoms. The van der Waals surface area contributed by atoms with Gasteiger partial charge in [-0.2, -0.15) is 0 Å². The summed E-state index contributed by atoms with van der Waals surface area (Å²) in [6, 6.07) is 0.118. The molecule has 1 saturated carbocycles. The molecule has 1 aliphatic heterocycles. The molecule has 2 aliphatic rings. The summed E-state index contributed by atoms with van der Waals surface area (Å²) in [4.78, 5) is 14.3. The van der Waals surface area contributed by atoms with E-state index < -0.39 is 0 Å². The van der Waals surface area contributed by atoms with E-state index in [4.69, 9.17) is 5.73 Å². The van der Waals surface area contributed by atoms with Gasteiger partial charge in [-0.3, -0.25) is 4.79 Å². The van der Waals surface area contributed by atoms with E-state index in [0.717, 1.165) is 19.0 Å². The summed E-state index contributed by atoms with van der Waals surface area (Å²) in [6.45, 7) is 4.17. The van der Waals surface area contributed by atoms with E-state index in [0.29, 0.717) is 18.2 Å². The number of rotatable bonds is 5. The zero-order chi connectivity index (χ0) is 13.0. The highest BCUT2D eigenvalue weighted by Gasteiger charge is 2.31. The van der Waals surface area contributed by atoms with Crippen molar-refractivity contribution in [1.82, 2.24) is 4.90 Å². The van der Waals surface area contributed by atoms with Crippen LogP contribution in [-0.4, -0.2) is 29.9 Å². The second kappa shape index (κ2) is 6.55. The minimum atomic E-state index is 0.118. The highest BCUT2D eigenvalue weighted by molar-refractivity contribution is 5.76. The van der Waals surface area contributed by atoms with Crippen LogP contribution in [0.2, 0.25) is 0 Å². The third-order valence-electron chi connectivity index (χ3n) is 4.54. The number of nitrogens with two attached hydrogens (primary N) is 1. The molecule has 1 saturated heterocycles. The molecule has 0 aromatic carbocycles. The standard InChI is InChI=1S/C15H28N2O/c1-2-4-12-5-3-9-17(10-8-12)15(18)11-14(16)13-6-7-13/h12-14H,2-11,16H2,1H3. The molecule has 3 heteroatoms. The molecule has 0 aromatic rings. The van der Waals surface area contributed by atoms with Crippen LogP contribution in [0.4, 0.5) is 0 Å². The fourth-order valence-electron chi connectivity index (χ4n) is 3.13. The van der Waals surface area contributed by atoms with Crippen molar-refractivity contribution in [2.75, 3.05) is 13.1 Å². The van der Waals surface area contributed by atoms with Gasteiger partial charge < -0.3 is 10.6 Å². The first-order chi connectivity index (χ1) is 8.70. The third kappa shape index (κ3) is 3.98. The van der Waals surface area contributed by atoms with Crippen molar-refractivity contribution >= 4 is 5.91 Å². The van der Waals surface area contributed by atoms with Gasteiger partial charge >= 0.3 is 0 Å². The highest BCUT2D eigenvalue weighted by atomic mass is 16.2. The van der Waals surface area contributed by atoms with Crippen molar-refractivity contribution in [3.8, 4) is 0 Å². The predicted octanol–water partition coefficient (Wildman–Crippen LogP) is 2.54. The van der Waals surface area contributed by atoms with Crippen molar-refractivity contribution in [3.05, 3.63) is 0 Å². The summed E-state index contributed by atoms with van der Waals surface area (Å²) in [5.41, 5.74) is 6.05. The Bertz CT molecular complexity index is 276. The van der Waals surface area contributed by atoms with Gasteiger partial charge in [-0.25, -0.2) is 0 Å². The Balaban J connectivity index is 1.75. The molecule has 0 radical (unpaired) electrons. The molecular weight excluding hydrogens is 224 g/mol. The Kier molecular flexibility index (Phi) is 5.04. The first kappa shape index (κ1) is 13.9. The molecule has 104 valence electrons. The molecule has 2 atom stereocenters. The van der Waals surface area contributed by atoms with E-state index in [9.17, 15) is 4.79 Å². The Hall–Kier alpha value is -0.570. The third-order valence-corrected chi connectivity index (χ3v) is 4.54. The molecule has 2 N–H and O–H groups in total. The average Bonchev–Trinajstić information content (AvgIpc) is 3.16. The van der Waals surface area contributed by atoms with E-state index in [1.54, 1.807) is 0 Å². The molecule has 1 amide bonds.